The zero-order chi connectivity index (χ0) is 13.5. The highest BCUT2D eigenvalue weighted by atomic mass is 32.2. The Hall–Kier alpha value is -1.25. The molecule has 0 fully saturated rings. The van der Waals surface area contributed by atoms with Gasteiger partial charge in [-0.1, -0.05) is 48.0 Å². The molecule has 2 atom stereocenters. The van der Waals surface area contributed by atoms with Gasteiger partial charge in [-0.15, -0.1) is 11.8 Å². The largest absolute Gasteiger partial charge is 0.385 e. The lowest BCUT2D eigenvalue weighted by Crippen LogP contribution is -2.27. The third-order valence-electron chi connectivity index (χ3n) is 3.74. The van der Waals surface area contributed by atoms with E-state index in [0.717, 1.165) is 12.0 Å². The Morgan fingerprint density at radius 1 is 1.16 bits per heavy atom. The Balaban J connectivity index is 2.02. The predicted octanol–water partition coefficient (Wildman–Crippen LogP) is 4.44. The summed E-state index contributed by atoms with van der Waals surface area (Å²) in [4.78, 5) is 1.20. The van der Waals surface area contributed by atoms with E-state index in [0.29, 0.717) is 5.25 Å². The smallest absolute Gasteiger partial charge is 0.0893 e. The van der Waals surface area contributed by atoms with Crippen LogP contribution in [0.3, 0.4) is 0 Å². The summed E-state index contributed by atoms with van der Waals surface area (Å²) in [6.45, 7) is 4.01. The van der Waals surface area contributed by atoms with Crippen LogP contribution in [0.4, 0.5) is 0 Å². The molecular weight excluding hydrogens is 252 g/mol. The van der Waals surface area contributed by atoms with E-state index < -0.39 is 5.60 Å². The number of rotatable bonds is 1. The van der Waals surface area contributed by atoms with Gasteiger partial charge in [0, 0.05) is 10.1 Å². The second kappa shape index (κ2) is 4.69. The van der Waals surface area contributed by atoms with Crippen molar-refractivity contribution in [3.8, 4) is 0 Å². The van der Waals surface area contributed by atoms with E-state index >= 15 is 0 Å². The molecular formula is C17H18OS. The van der Waals surface area contributed by atoms with E-state index in [1.165, 1.54) is 16.0 Å². The quantitative estimate of drug-likeness (QED) is 0.826. The summed E-state index contributed by atoms with van der Waals surface area (Å²) < 4.78 is 0. The highest BCUT2D eigenvalue weighted by Gasteiger charge is 2.35. The monoisotopic (exact) mass is 270 g/mol. The van der Waals surface area contributed by atoms with Crippen molar-refractivity contribution in [2.24, 2.45) is 0 Å². The molecule has 98 valence electrons. The number of thioether (sulfide) groups is 1. The second-order valence-electron chi connectivity index (χ2n) is 5.49. The van der Waals surface area contributed by atoms with Gasteiger partial charge in [-0.2, -0.15) is 0 Å². The zero-order valence-electron chi connectivity index (χ0n) is 11.3. The van der Waals surface area contributed by atoms with Gasteiger partial charge in [0.25, 0.3) is 0 Å². The number of aliphatic hydroxyl groups is 1. The van der Waals surface area contributed by atoms with E-state index in [1.807, 2.05) is 24.8 Å². The molecule has 1 aliphatic heterocycles. The first kappa shape index (κ1) is 12.8. The van der Waals surface area contributed by atoms with Gasteiger partial charge in [-0.25, -0.2) is 0 Å². The zero-order valence-corrected chi connectivity index (χ0v) is 12.1. The summed E-state index contributed by atoms with van der Waals surface area (Å²) in [6, 6.07) is 16.8. The van der Waals surface area contributed by atoms with Crippen LogP contribution in [0, 0.1) is 6.92 Å². The molecule has 0 spiro atoms. The minimum Gasteiger partial charge on any atom is -0.385 e. The van der Waals surface area contributed by atoms with Gasteiger partial charge >= 0.3 is 0 Å². The highest BCUT2D eigenvalue weighted by molar-refractivity contribution is 7.99. The summed E-state index contributed by atoms with van der Waals surface area (Å²) in [5, 5.41) is 11.1. The molecule has 0 saturated carbocycles. The summed E-state index contributed by atoms with van der Waals surface area (Å²) in [5.74, 6) is 0. The van der Waals surface area contributed by atoms with Gasteiger partial charge in [0.15, 0.2) is 0 Å². The van der Waals surface area contributed by atoms with E-state index in [2.05, 4.69) is 49.4 Å². The van der Waals surface area contributed by atoms with Crippen molar-refractivity contribution in [2.45, 2.75) is 36.0 Å². The molecule has 1 aliphatic rings. The van der Waals surface area contributed by atoms with Crippen LogP contribution in [0.1, 0.15) is 35.3 Å². The van der Waals surface area contributed by atoms with E-state index in [9.17, 15) is 5.11 Å². The van der Waals surface area contributed by atoms with Crippen molar-refractivity contribution in [2.75, 3.05) is 0 Å². The van der Waals surface area contributed by atoms with Crippen molar-refractivity contribution in [3.63, 3.8) is 0 Å². The Kier molecular flexibility index (Phi) is 3.15. The van der Waals surface area contributed by atoms with Gasteiger partial charge < -0.3 is 5.11 Å². The fourth-order valence-electron chi connectivity index (χ4n) is 2.69. The van der Waals surface area contributed by atoms with Crippen LogP contribution < -0.4 is 0 Å². The lowest BCUT2D eigenvalue weighted by atomic mass is 9.87. The molecule has 0 unspecified atom stereocenters. The minimum atomic E-state index is -0.743. The van der Waals surface area contributed by atoms with Crippen molar-refractivity contribution >= 4 is 11.8 Å². The van der Waals surface area contributed by atoms with E-state index in [4.69, 9.17) is 0 Å². The van der Waals surface area contributed by atoms with Gasteiger partial charge in [0.1, 0.15) is 0 Å². The normalized spacial score (nSPS) is 25.9. The van der Waals surface area contributed by atoms with E-state index in [-0.39, 0.29) is 0 Å². The summed E-state index contributed by atoms with van der Waals surface area (Å²) in [7, 11) is 0. The average molecular weight is 270 g/mol. The van der Waals surface area contributed by atoms with Gasteiger partial charge in [-0.05, 0) is 37.5 Å². The van der Waals surface area contributed by atoms with Crippen LogP contribution in [-0.2, 0) is 5.60 Å². The number of hydrogen-bond donors (Lipinski definition) is 1. The van der Waals surface area contributed by atoms with Crippen molar-refractivity contribution in [3.05, 3.63) is 65.2 Å². The first-order valence-electron chi connectivity index (χ1n) is 6.61. The molecule has 19 heavy (non-hydrogen) atoms. The van der Waals surface area contributed by atoms with Crippen molar-refractivity contribution < 1.29 is 5.11 Å². The molecule has 0 radical (unpaired) electrons. The molecule has 0 saturated heterocycles. The Labute approximate surface area is 118 Å². The molecule has 0 amide bonds. The number of hydrogen-bond acceptors (Lipinski definition) is 2. The molecule has 2 aromatic rings. The SMILES string of the molecule is Cc1ccc2c(c1)[C@](C)(O)C[C@H](c1ccccc1)S2. The first-order valence-corrected chi connectivity index (χ1v) is 7.49. The van der Waals surface area contributed by atoms with Gasteiger partial charge in [0.05, 0.1) is 5.60 Å². The van der Waals surface area contributed by atoms with Crippen LogP contribution >= 0.6 is 11.8 Å². The van der Waals surface area contributed by atoms with E-state index in [1.54, 1.807) is 0 Å². The third kappa shape index (κ3) is 2.43. The standard InChI is InChI=1S/C17H18OS/c1-12-8-9-15-14(10-12)17(2,18)11-16(19-15)13-6-4-3-5-7-13/h3-10,16,18H,11H2,1-2H3/t16-,17-/m1/s1. The van der Waals surface area contributed by atoms with Gasteiger partial charge in [0.2, 0.25) is 0 Å². The number of aryl methyl sites for hydroxylation is 1. The molecule has 3 rings (SSSR count). The van der Waals surface area contributed by atoms with Crippen LogP contribution in [0.2, 0.25) is 0 Å². The molecule has 1 heterocycles. The van der Waals surface area contributed by atoms with Crippen molar-refractivity contribution in [1.29, 1.82) is 0 Å². The summed E-state index contributed by atoms with van der Waals surface area (Å²) in [6.07, 6.45) is 0.762. The Bertz CT molecular complexity index is 589. The highest BCUT2D eigenvalue weighted by Crippen LogP contribution is 2.51. The minimum absolute atomic E-state index is 0.325. The topological polar surface area (TPSA) is 20.2 Å². The van der Waals surface area contributed by atoms with Crippen LogP contribution in [0.5, 0.6) is 0 Å². The predicted molar refractivity (Wildman–Crippen MR) is 80.4 cm³/mol. The lowest BCUT2D eigenvalue weighted by molar-refractivity contribution is 0.0421. The molecule has 1 N–H and O–H groups in total. The molecule has 0 aromatic heterocycles. The molecule has 0 bridgehead atoms. The van der Waals surface area contributed by atoms with Crippen LogP contribution in [0.15, 0.2) is 53.4 Å². The molecule has 2 heteroatoms. The fraction of sp³-hybridized carbons (Fsp3) is 0.294. The maximum Gasteiger partial charge on any atom is 0.0893 e. The Morgan fingerprint density at radius 2 is 1.89 bits per heavy atom. The number of fused-ring (bicyclic) bond motifs is 1. The first-order chi connectivity index (χ1) is 9.06. The molecule has 0 aliphatic carbocycles. The van der Waals surface area contributed by atoms with Crippen LogP contribution in [-0.4, -0.2) is 5.11 Å². The molecule has 2 aromatic carbocycles. The lowest BCUT2D eigenvalue weighted by Gasteiger charge is -2.36. The average Bonchev–Trinajstić information content (AvgIpc) is 2.40. The molecule has 1 nitrogen and oxygen atoms in total. The van der Waals surface area contributed by atoms with Crippen LogP contribution in [0.25, 0.3) is 0 Å². The maximum atomic E-state index is 10.8. The summed E-state index contributed by atoms with van der Waals surface area (Å²) in [5.41, 5.74) is 2.83. The number of benzene rings is 2. The van der Waals surface area contributed by atoms with Gasteiger partial charge in [-0.3, -0.25) is 0 Å². The second-order valence-corrected chi connectivity index (χ2v) is 6.74. The van der Waals surface area contributed by atoms with Crippen molar-refractivity contribution in [1.82, 2.24) is 0 Å². The fourth-order valence-corrected chi connectivity index (χ4v) is 4.25. The third-order valence-corrected chi connectivity index (χ3v) is 5.07. The Morgan fingerprint density at radius 3 is 2.63 bits per heavy atom. The summed E-state index contributed by atoms with van der Waals surface area (Å²) >= 11 is 1.86. The maximum absolute atomic E-state index is 10.8.